The Labute approximate surface area is 123 Å². The molecule has 7 heteroatoms. The van der Waals surface area contributed by atoms with Gasteiger partial charge in [0.2, 0.25) is 11.9 Å². The van der Waals surface area contributed by atoms with E-state index in [2.05, 4.69) is 42.1 Å². The molecule has 2 aromatic heterocycles. The van der Waals surface area contributed by atoms with Crippen LogP contribution in [0.4, 0.5) is 11.9 Å². The molecule has 1 fully saturated rings. The number of rotatable bonds is 5. The van der Waals surface area contributed by atoms with Crippen molar-refractivity contribution in [3.05, 3.63) is 18.7 Å². The molecule has 0 saturated carbocycles. The highest BCUT2D eigenvalue weighted by Crippen LogP contribution is 2.21. The van der Waals surface area contributed by atoms with Crippen LogP contribution in [-0.2, 0) is 0 Å². The summed E-state index contributed by atoms with van der Waals surface area (Å²) in [5.41, 5.74) is 0.805. The van der Waals surface area contributed by atoms with Gasteiger partial charge in [0, 0.05) is 32.0 Å². The number of nitrogens with one attached hydrogen (secondary N) is 1. The third kappa shape index (κ3) is 3.24. The molecule has 0 amide bonds. The summed E-state index contributed by atoms with van der Waals surface area (Å²) in [5, 5.41) is 3.24. The van der Waals surface area contributed by atoms with Crippen molar-refractivity contribution in [1.82, 2.24) is 24.9 Å². The summed E-state index contributed by atoms with van der Waals surface area (Å²) >= 11 is 0. The Morgan fingerprint density at radius 1 is 1.10 bits per heavy atom. The van der Waals surface area contributed by atoms with Gasteiger partial charge < -0.3 is 10.2 Å². The van der Waals surface area contributed by atoms with E-state index in [0.29, 0.717) is 11.8 Å². The van der Waals surface area contributed by atoms with E-state index < -0.39 is 0 Å². The number of nitrogens with zero attached hydrogens (tertiary/aromatic N) is 6. The largest absolute Gasteiger partial charge is 0.354 e. The van der Waals surface area contributed by atoms with E-state index in [-0.39, 0.29) is 0 Å². The lowest BCUT2D eigenvalue weighted by atomic mass is 10.3. The van der Waals surface area contributed by atoms with Gasteiger partial charge >= 0.3 is 0 Å². The quantitative estimate of drug-likeness (QED) is 0.896. The Bertz CT molecular complexity index is 581. The summed E-state index contributed by atoms with van der Waals surface area (Å²) in [6.07, 6.45) is 8.34. The zero-order chi connectivity index (χ0) is 14.5. The molecule has 110 valence electrons. The number of aromatic nitrogens is 5. The number of anilines is 2. The maximum absolute atomic E-state index is 4.58. The minimum atomic E-state index is 0.617. The van der Waals surface area contributed by atoms with Crippen molar-refractivity contribution in [3.8, 4) is 11.4 Å². The predicted octanol–water partition coefficient (Wildman–Crippen LogP) is 1.75. The monoisotopic (exact) mass is 285 g/mol. The van der Waals surface area contributed by atoms with E-state index in [4.69, 9.17) is 0 Å². The molecule has 2 aromatic rings. The first-order valence-electron chi connectivity index (χ1n) is 7.37. The van der Waals surface area contributed by atoms with Crippen LogP contribution in [0.15, 0.2) is 18.7 Å². The van der Waals surface area contributed by atoms with E-state index in [1.165, 1.54) is 19.2 Å². The van der Waals surface area contributed by atoms with Crippen molar-refractivity contribution in [1.29, 1.82) is 0 Å². The van der Waals surface area contributed by atoms with Crippen molar-refractivity contribution >= 4 is 11.9 Å². The van der Waals surface area contributed by atoms with E-state index in [9.17, 15) is 0 Å². The summed E-state index contributed by atoms with van der Waals surface area (Å²) < 4.78 is 0. The first kappa shape index (κ1) is 13.7. The zero-order valence-corrected chi connectivity index (χ0v) is 12.2. The lowest BCUT2D eigenvalue weighted by Crippen LogP contribution is -2.22. The summed E-state index contributed by atoms with van der Waals surface area (Å²) in [5.74, 6) is 1.97. The van der Waals surface area contributed by atoms with Gasteiger partial charge in [0.15, 0.2) is 5.82 Å². The van der Waals surface area contributed by atoms with Crippen molar-refractivity contribution in [3.63, 3.8) is 0 Å². The van der Waals surface area contributed by atoms with E-state index in [0.717, 1.165) is 37.6 Å². The minimum Gasteiger partial charge on any atom is -0.354 e. The molecule has 0 bridgehead atoms. The number of hydrogen-bond acceptors (Lipinski definition) is 7. The Morgan fingerprint density at radius 3 is 2.57 bits per heavy atom. The maximum atomic E-state index is 4.58. The molecule has 7 nitrogen and oxygen atoms in total. The predicted molar refractivity (Wildman–Crippen MR) is 81.1 cm³/mol. The third-order valence-electron chi connectivity index (χ3n) is 3.36. The summed E-state index contributed by atoms with van der Waals surface area (Å²) in [6, 6.07) is 0. The molecule has 0 atom stereocenters. The van der Waals surface area contributed by atoms with Gasteiger partial charge in [-0.1, -0.05) is 6.92 Å². The summed E-state index contributed by atoms with van der Waals surface area (Å²) in [7, 11) is 0. The Hall–Kier alpha value is -2.31. The molecular weight excluding hydrogens is 266 g/mol. The Morgan fingerprint density at radius 2 is 1.86 bits per heavy atom. The van der Waals surface area contributed by atoms with Gasteiger partial charge in [-0.05, 0) is 19.3 Å². The number of hydrogen-bond donors (Lipinski definition) is 1. The molecule has 0 spiro atoms. The van der Waals surface area contributed by atoms with Crippen molar-refractivity contribution < 1.29 is 0 Å². The van der Waals surface area contributed by atoms with Gasteiger partial charge in [0.05, 0.1) is 5.56 Å². The second kappa shape index (κ2) is 6.43. The zero-order valence-electron chi connectivity index (χ0n) is 12.2. The first-order chi connectivity index (χ1) is 10.4. The fourth-order valence-corrected chi connectivity index (χ4v) is 2.28. The van der Waals surface area contributed by atoms with Crippen LogP contribution >= 0.6 is 0 Å². The highest BCUT2D eigenvalue weighted by atomic mass is 15.3. The lowest BCUT2D eigenvalue weighted by molar-refractivity contribution is 0.872. The second-order valence-corrected chi connectivity index (χ2v) is 5.03. The van der Waals surface area contributed by atoms with Crippen LogP contribution in [0.3, 0.4) is 0 Å². The molecule has 0 radical (unpaired) electrons. The Balaban J connectivity index is 1.96. The average Bonchev–Trinajstić information content (AvgIpc) is 3.08. The minimum absolute atomic E-state index is 0.617. The molecule has 0 aliphatic carbocycles. The lowest BCUT2D eigenvalue weighted by Gasteiger charge is -2.16. The molecule has 0 aromatic carbocycles. The molecule has 3 rings (SSSR count). The van der Waals surface area contributed by atoms with Crippen LogP contribution in [0.1, 0.15) is 26.2 Å². The maximum Gasteiger partial charge on any atom is 0.230 e. The standard InChI is InChI=1S/C14H19N7/c1-2-5-17-13-18-12(11-8-15-10-16-9-11)19-14(20-13)21-6-3-4-7-21/h8-10H,2-7H2,1H3,(H,17,18,19,20). The van der Waals surface area contributed by atoms with Gasteiger partial charge in [0.1, 0.15) is 6.33 Å². The normalized spacial score (nSPS) is 14.4. The van der Waals surface area contributed by atoms with E-state index in [1.807, 2.05) is 0 Å². The molecule has 21 heavy (non-hydrogen) atoms. The van der Waals surface area contributed by atoms with Crippen molar-refractivity contribution in [2.45, 2.75) is 26.2 Å². The molecular formula is C14H19N7. The van der Waals surface area contributed by atoms with Crippen LogP contribution in [-0.4, -0.2) is 44.6 Å². The van der Waals surface area contributed by atoms with Gasteiger partial charge in [-0.25, -0.2) is 9.97 Å². The molecule has 1 aliphatic heterocycles. The second-order valence-electron chi connectivity index (χ2n) is 5.03. The topological polar surface area (TPSA) is 79.7 Å². The van der Waals surface area contributed by atoms with Crippen molar-refractivity contribution in [2.24, 2.45) is 0 Å². The van der Waals surface area contributed by atoms with Crippen LogP contribution in [0.5, 0.6) is 0 Å². The third-order valence-corrected chi connectivity index (χ3v) is 3.36. The van der Waals surface area contributed by atoms with E-state index >= 15 is 0 Å². The molecule has 1 saturated heterocycles. The SMILES string of the molecule is CCCNc1nc(-c2cncnc2)nc(N2CCCC2)n1. The van der Waals surface area contributed by atoms with Crippen LogP contribution in [0.2, 0.25) is 0 Å². The fraction of sp³-hybridized carbons (Fsp3) is 0.500. The molecule has 3 heterocycles. The van der Waals surface area contributed by atoms with Gasteiger partial charge in [-0.2, -0.15) is 15.0 Å². The Kier molecular flexibility index (Phi) is 4.18. The van der Waals surface area contributed by atoms with Crippen molar-refractivity contribution in [2.75, 3.05) is 29.9 Å². The van der Waals surface area contributed by atoms with Crippen LogP contribution in [0.25, 0.3) is 11.4 Å². The van der Waals surface area contributed by atoms with Gasteiger partial charge in [0.25, 0.3) is 0 Å². The van der Waals surface area contributed by atoms with E-state index in [1.54, 1.807) is 12.4 Å². The molecule has 0 unspecified atom stereocenters. The van der Waals surface area contributed by atoms with Crippen LogP contribution in [0, 0.1) is 0 Å². The van der Waals surface area contributed by atoms with Gasteiger partial charge in [-0.3, -0.25) is 0 Å². The average molecular weight is 285 g/mol. The molecule has 1 N–H and O–H groups in total. The van der Waals surface area contributed by atoms with Gasteiger partial charge in [-0.15, -0.1) is 0 Å². The molecule has 1 aliphatic rings. The smallest absolute Gasteiger partial charge is 0.230 e. The summed E-state index contributed by atoms with van der Waals surface area (Å²) in [6.45, 7) is 4.96. The fourth-order valence-electron chi connectivity index (χ4n) is 2.28. The highest BCUT2D eigenvalue weighted by Gasteiger charge is 2.18. The summed E-state index contributed by atoms with van der Waals surface area (Å²) in [4.78, 5) is 23.8. The first-order valence-corrected chi connectivity index (χ1v) is 7.37. The van der Waals surface area contributed by atoms with Crippen LogP contribution < -0.4 is 10.2 Å². The highest BCUT2D eigenvalue weighted by molar-refractivity contribution is 5.56.